The maximum atomic E-state index is 12.6. The summed E-state index contributed by atoms with van der Waals surface area (Å²) in [6.07, 6.45) is 4.75. The highest BCUT2D eigenvalue weighted by atomic mass is 16.5. The summed E-state index contributed by atoms with van der Waals surface area (Å²) in [5.74, 6) is 2.04. The van der Waals surface area contributed by atoms with Gasteiger partial charge >= 0.3 is 0 Å². The Kier molecular flexibility index (Phi) is 7.69. The van der Waals surface area contributed by atoms with E-state index in [0.29, 0.717) is 24.5 Å². The van der Waals surface area contributed by atoms with Crippen LogP contribution >= 0.6 is 0 Å². The molecular weight excluding hydrogens is 366 g/mol. The molecule has 1 atom stereocenters. The van der Waals surface area contributed by atoms with Crippen molar-refractivity contribution >= 4 is 5.91 Å². The van der Waals surface area contributed by atoms with Crippen LogP contribution in [0.25, 0.3) is 0 Å². The van der Waals surface area contributed by atoms with Crippen molar-refractivity contribution < 1.29 is 14.1 Å². The number of para-hydroxylation sites is 1. The molecule has 1 aromatic heterocycles. The summed E-state index contributed by atoms with van der Waals surface area (Å²) >= 11 is 0. The number of carbonyl (C=O) groups is 1. The van der Waals surface area contributed by atoms with E-state index in [1.807, 2.05) is 32.0 Å². The lowest BCUT2D eigenvalue weighted by Crippen LogP contribution is -2.35. The molecule has 158 valence electrons. The number of amides is 1. The van der Waals surface area contributed by atoms with Crippen LogP contribution in [0.15, 0.2) is 28.8 Å². The van der Waals surface area contributed by atoms with E-state index >= 15 is 0 Å². The number of ether oxygens (including phenoxy) is 1. The highest BCUT2D eigenvalue weighted by molar-refractivity contribution is 5.96. The molecule has 1 aliphatic rings. The molecule has 1 aliphatic heterocycles. The zero-order valence-electron chi connectivity index (χ0n) is 17.9. The molecule has 1 saturated heterocycles. The number of aryl methyl sites for hydroxylation is 2. The smallest absolute Gasteiger partial charge is 0.255 e. The molecular formula is C23H33N3O3. The fourth-order valence-electron chi connectivity index (χ4n) is 3.89. The predicted octanol–water partition coefficient (Wildman–Crippen LogP) is 4.11. The molecule has 2 heterocycles. The number of benzene rings is 1. The second kappa shape index (κ2) is 10.4. The van der Waals surface area contributed by atoms with Gasteiger partial charge in [0.15, 0.2) is 0 Å². The molecule has 0 aliphatic carbocycles. The fourth-order valence-corrected chi connectivity index (χ4v) is 3.89. The number of rotatable bonds is 9. The molecule has 3 rings (SSSR count). The molecule has 2 aromatic rings. The Morgan fingerprint density at radius 3 is 2.90 bits per heavy atom. The van der Waals surface area contributed by atoms with E-state index < -0.39 is 0 Å². The molecule has 1 aromatic carbocycles. The summed E-state index contributed by atoms with van der Waals surface area (Å²) < 4.78 is 11.1. The number of aromatic nitrogens is 1. The summed E-state index contributed by atoms with van der Waals surface area (Å²) in [5.41, 5.74) is 2.30. The second-order valence-corrected chi connectivity index (χ2v) is 8.10. The highest BCUT2D eigenvalue weighted by Gasteiger charge is 2.16. The number of piperidine rings is 1. The largest absolute Gasteiger partial charge is 0.488 e. The first kappa shape index (κ1) is 21.4. The Morgan fingerprint density at radius 1 is 1.31 bits per heavy atom. The first-order chi connectivity index (χ1) is 14.0. The molecule has 29 heavy (non-hydrogen) atoms. The van der Waals surface area contributed by atoms with E-state index in [9.17, 15) is 4.79 Å². The van der Waals surface area contributed by atoms with Crippen LogP contribution in [0, 0.1) is 19.8 Å². The van der Waals surface area contributed by atoms with Gasteiger partial charge in [-0.15, -0.1) is 0 Å². The Hall–Kier alpha value is -2.34. The lowest BCUT2D eigenvalue weighted by atomic mass is 10.0. The molecule has 6 nitrogen and oxygen atoms in total. The van der Waals surface area contributed by atoms with Crippen molar-refractivity contribution in [1.82, 2.24) is 15.4 Å². The maximum Gasteiger partial charge on any atom is 0.255 e. The Labute approximate surface area is 173 Å². The van der Waals surface area contributed by atoms with E-state index in [0.717, 1.165) is 42.3 Å². The van der Waals surface area contributed by atoms with E-state index in [1.165, 1.54) is 25.9 Å². The summed E-state index contributed by atoms with van der Waals surface area (Å²) in [6, 6.07) is 7.35. The van der Waals surface area contributed by atoms with Gasteiger partial charge in [0.1, 0.15) is 18.1 Å². The van der Waals surface area contributed by atoms with Crippen LogP contribution in [-0.4, -0.2) is 42.1 Å². The maximum absolute atomic E-state index is 12.6. The van der Waals surface area contributed by atoms with Gasteiger partial charge in [0.05, 0.1) is 16.8 Å². The second-order valence-electron chi connectivity index (χ2n) is 8.10. The first-order valence-corrected chi connectivity index (χ1v) is 10.7. The summed E-state index contributed by atoms with van der Waals surface area (Å²) in [7, 11) is 0. The monoisotopic (exact) mass is 399 g/mol. The van der Waals surface area contributed by atoms with Crippen molar-refractivity contribution in [3.05, 3.63) is 46.8 Å². The molecule has 1 amide bonds. The molecule has 1 N–H and O–H groups in total. The van der Waals surface area contributed by atoms with Gasteiger partial charge in [-0.25, -0.2) is 0 Å². The molecule has 0 spiro atoms. The Balaban J connectivity index is 1.44. The van der Waals surface area contributed by atoms with Crippen LogP contribution in [0.4, 0.5) is 0 Å². The lowest BCUT2D eigenvalue weighted by Gasteiger charge is -2.30. The minimum Gasteiger partial charge on any atom is -0.488 e. The zero-order chi connectivity index (χ0) is 20.6. The fraction of sp³-hybridized carbons (Fsp3) is 0.565. The van der Waals surface area contributed by atoms with Gasteiger partial charge in [-0.2, -0.15) is 0 Å². The number of carbonyl (C=O) groups excluding carboxylic acids is 1. The standard InChI is InChI=1S/C23H33N3O3/c1-17-9-8-14-26(15-17)13-7-6-12-24-23(27)20-10-4-5-11-22(20)28-16-21-18(2)25-29-19(21)3/h4-5,10-11,17H,6-9,12-16H2,1-3H3,(H,24,27). The van der Waals surface area contributed by atoms with Crippen LogP contribution in [0.3, 0.4) is 0 Å². The minimum absolute atomic E-state index is 0.0917. The lowest BCUT2D eigenvalue weighted by molar-refractivity contribution is 0.0947. The molecule has 6 heteroatoms. The average Bonchev–Trinajstić information content (AvgIpc) is 3.04. The van der Waals surface area contributed by atoms with Gasteiger partial charge in [0.25, 0.3) is 5.91 Å². The number of hydrogen-bond acceptors (Lipinski definition) is 5. The van der Waals surface area contributed by atoms with Crippen LogP contribution in [0.1, 0.15) is 60.0 Å². The SMILES string of the molecule is Cc1noc(C)c1COc1ccccc1C(=O)NCCCCN1CCCC(C)C1. The third kappa shape index (κ3) is 6.07. The van der Waals surface area contributed by atoms with Gasteiger partial charge in [-0.3, -0.25) is 4.79 Å². The summed E-state index contributed by atoms with van der Waals surface area (Å²) in [4.78, 5) is 15.2. The predicted molar refractivity (Wildman–Crippen MR) is 113 cm³/mol. The van der Waals surface area contributed by atoms with Gasteiger partial charge in [-0.05, 0) is 70.7 Å². The van der Waals surface area contributed by atoms with Gasteiger partial charge in [-0.1, -0.05) is 24.2 Å². The summed E-state index contributed by atoms with van der Waals surface area (Å²) in [5, 5.41) is 6.98. The van der Waals surface area contributed by atoms with Gasteiger partial charge in [0.2, 0.25) is 0 Å². The highest BCUT2D eigenvalue weighted by Crippen LogP contribution is 2.21. The first-order valence-electron chi connectivity index (χ1n) is 10.7. The molecule has 0 saturated carbocycles. The van der Waals surface area contributed by atoms with Crippen molar-refractivity contribution in [2.24, 2.45) is 5.92 Å². The van der Waals surface area contributed by atoms with Crippen molar-refractivity contribution in [2.75, 3.05) is 26.2 Å². The number of hydrogen-bond donors (Lipinski definition) is 1. The van der Waals surface area contributed by atoms with Crippen molar-refractivity contribution in [3.8, 4) is 5.75 Å². The van der Waals surface area contributed by atoms with Crippen LogP contribution in [0.5, 0.6) is 5.75 Å². The van der Waals surface area contributed by atoms with E-state index in [-0.39, 0.29) is 5.91 Å². The minimum atomic E-state index is -0.0917. The molecule has 1 unspecified atom stereocenters. The Morgan fingerprint density at radius 2 is 2.14 bits per heavy atom. The van der Waals surface area contributed by atoms with Gasteiger partial charge in [0, 0.05) is 13.1 Å². The third-order valence-electron chi connectivity index (χ3n) is 5.61. The van der Waals surface area contributed by atoms with E-state index in [4.69, 9.17) is 9.26 Å². The third-order valence-corrected chi connectivity index (χ3v) is 5.61. The van der Waals surface area contributed by atoms with Crippen molar-refractivity contribution in [2.45, 2.75) is 53.1 Å². The zero-order valence-corrected chi connectivity index (χ0v) is 17.9. The quantitative estimate of drug-likeness (QED) is 0.643. The van der Waals surface area contributed by atoms with E-state index in [2.05, 4.69) is 22.3 Å². The van der Waals surface area contributed by atoms with Crippen LogP contribution in [0.2, 0.25) is 0 Å². The van der Waals surface area contributed by atoms with Crippen molar-refractivity contribution in [1.29, 1.82) is 0 Å². The number of unbranched alkanes of at least 4 members (excludes halogenated alkanes) is 1. The topological polar surface area (TPSA) is 67.6 Å². The number of nitrogens with one attached hydrogen (secondary N) is 1. The van der Waals surface area contributed by atoms with Crippen LogP contribution in [-0.2, 0) is 6.61 Å². The van der Waals surface area contributed by atoms with Crippen LogP contribution < -0.4 is 10.1 Å². The Bertz CT molecular complexity index is 783. The number of likely N-dealkylation sites (tertiary alicyclic amines) is 1. The molecule has 1 fully saturated rings. The molecule has 0 bridgehead atoms. The average molecular weight is 400 g/mol. The molecule has 0 radical (unpaired) electrons. The van der Waals surface area contributed by atoms with Gasteiger partial charge < -0.3 is 19.5 Å². The summed E-state index contributed by atoms with van der Waals surface area (Å²) in [6.45, 7) is 10.6. The van der Waals surface area contributed by atoms with Crippen molar-refractivity contribution in [3.63, 3.8) is 0 Å². The van der Waals surface area contributed by atoms with E-state index in [1.54, 1.807) is 6.07 Å². The normalized spacial score (nSPS) is 17.3. The number of nitrogens with zero attached hydrogens (tertiary/aromatic N) is 2.